The third-order valence-corrected chi connectivity index (χ3v) is 5.47. The van der Waals surface area contributed by atoms with E-state index in [-0.39, 0.29) is 11.6 Å². The van der Waals surface area contributed by atoms with E-state index < -0.39 is 10.9 Å². The Bertz CT molecular complexity index is 1160. The number of non-ortho nitro benzene ring substituents is 1. The van der Waals surface area contributed by atoms with E-state index in [2.05, 4.69) is 14.9 Å². The molecule has 0 atom stereocenters. The van der Waals surface area contributed by atoms with Gasteiger partial charge in [0.1, 0.15) is 5.82 Å². The number of ether oxygens (including phenoxy) is 1. The van der Waals surface area contributed by atoms with Crippen LogP contribution in [-0.2, 0) is 4.74 Å². The number of fused-ring (bicyclic) bond motifs is 1. The summed E-state index contributed by atoms with van der Waals surface area (Å²) in [5.74, 6) is 0.164. The fourth-order valence-electron chi connectivity index (χ4n) is 3.83. The topological polar surface area (TPSA) is 122 Å². The molecule has 10 nitrogen and oxygen atoms in total. The van der Waals surface area contributed by atoms with Gasteiger partial charge in [-0.2, -0.15) is 0 Å². The normalized spacial score (nSPS) is 14.3. The summed E-state index contributed by atoms with van der Waals surface area (Å²) in [5, 5.41) is 11.7. The van der Waals surface area contributed by atoms with Gasteiger partial charge in [-0.05, 0) is 31.5 Å². The van der Waals surface area contributed by atoms with Gasteiger partial charge in [0.15, 0.2) is 0 Å². The average molecular weight is 437 g/mol. The van der Waals surface area contributed by atoms with Gasteiger partial charge in [-0.3, -0.25) is 14.9 Å². The number of esters is 1. The monoisotopic (exact) mass is 437 g/mol. The minimum atomic E-state index is -0.468. The molecule has 1 saturated heterocycles. The number of rotatable bonds is 5. The van der Waals surface area contributed by atoms with E-state index in [4.69, 9.17) is 4.74 Å². The number of carbonyl (C=O) groups is 2. The van der Waals surface area contributed by atoms with Gasteiger partial charge in [-0.15, -0.1) is 0 Å². The highest BCUT2D eigenvalue weighted by Crippen LogP contribution is 2.25. The number of nitro benzene ring substituents is 1. The van der Waals surface area contributed by atoms with Crippen LogP contribution in [0.3, 0.4) is 0 Å². The van der Waals surface area contributed by atoms with Crippen molar-refractivity contribution in [3.05, 3.63) is 64.0 Å². The summed E-state index contributed by atoms with van der Waals surface area (Å²) in [5.41, 5.74) is 1.46. The van der Waals surface area contributed by atoms with Gasteiger partial charge >= 0.3 is 5.97 Å². The van der Waals surface area contributed by atoms with Crippen molar-refractivity contribution in [1.82, 2.24) is 14.9 Å². The standard InChI is InChI=1S/C22H23N5O5/c1-2-32-22(29)15-4-7-20(24-13-15)25-8-3-9-26(11-10-25)21(28)18-14-23-19-6-5-16(27(30)31)12-17(18)19/h4-7,12-14,23H,2-3,8-11H2,1H3. The third kappa shape index (κ3) is 4.25. The number of carbonyl (C=O) groups excluding carboxylic acids is 2. The lowest BCUT2D eigenvalue weighted by Crippen LogP contribution is -2.35. The number of benzene rings is 1. The van der Waals surface area contributed by atoms with Gasteiger partial charge in [0.25, 0.3) is 11.6 Å². The fraction of sp³-hybridized carbons (Fsp3) is 0.318. The molecule has 10 heteroatoms. The molecule has 1 fully saturated rings. The van der Waals surface area contributed by atoms with Crippen LogP contribution < -0.4 is 4.90 Å². The Morgan fingerprint density at radius 2 is 2.03 bits per heavy atom. The lowest BCUT2D eigenvalue weighted by molar-refractivity contribution is -0.384. The quantitative estimate of drug-likeness (QED) is 0.370. The predicted molar refractivity (Wildman–Crippen MR) is 118 cm³/mol. The van der Waals surface area contributed by atoms with Crippen LogP contribution in [0.1, 0.15) is 34.1 Å². The van der Waals surface area contributed by atoms with Crippen LogP contribution in [-0.4, -0.2) is 64.5 Å². The van der Waals surface area contributed by atoms with Gasteiger partial charge in [-0.25, -0.2) is 9.78 Å². The SMILES string of the molecule is CCOC(=O)c1ccc(N2CCCN(C(=O)c3c[nH]c4ccc([N+](=O)[O-])cc34)CC2)nc1. The second-order valence-electron chi connectivity index (χ2n) is 7.45. The predicted octanol–water partition coefficient (Wildman–Crippen LogP) is 3.00. The summed E-state index contributed by atoms with van der Waals surface area (Å²) in [6.45, 7) is 4.41. The van der Waals surface area contributed by atoms with Crippen molar-refractivity contribution in [2.75, 3.05) is 37.7 Å². The summed E-state index contributed by atoms with van der Waals surface area (Å²) in [4.78, 5) is 46.9. The van der Waals surface area contributed by atoms with Crippen molar-refractivity contribution in [1.29, 1.82) is 0 Å². The molecule has 0 saturated carbocycles. The molecule has 0 bridgehead atoms. The van der Waals surface area contributed by atoms with E-state index in [1.807, 2.05) is 0 Å². The number of nitrogens with one attached hydrogen (secondary N) is 1. The first-order valence-electron chi connectivity index (χ1n) is 10.4. The van der Waals surface area contributed by atoms with Crippen LogP contribution in [0, 0.1) is 10.1 Å². The maximum absolute atomic E-state index is 13.2. The number of anilines is 1. The Hall–Kier alpha value is -3.95. The summed E-state index contributed by atoms with van der Waals surface area (Å²) >= 11 is 0. The molecule has 3 aromatic rings. The zero-order valence-corrected chi connectivity index (χ0v) is 17.6. The number of nitro groups is 1. The zero-order chi connectivity index (χ0) is 22.7. The smallest absolute Gasteiger partial charge is 0.339 e. The average Bonchev–Trinajstić information content (AvgIpc) is 3.06. The number of hydrogen-bond donors (Lipinski definition) is 1. The van der Waals surface area contributed by atoms with Crippen molar-refractivity contribution in [2.45, 2.75) is 13.3 Å². The molecule has 0 radical (unpaired) electrons. The van der Waals surface area contributed by atoms with Crippen LogP contribution in [0.25, 0.3) is 10.9 Å². The van der Waals surface area contributed by atoms with Crippen molar-refractivity contribution < 1.29 is 19.2 Å². The largest absolute Gasteiger partial charge is 0.462 e. The highest BCUT2D eigenvalue weighted by molar-refractivity contribution is 6.07. The van der Waals surface area contributed by atoms with Gasteiger partial charge in [0.05, 0.1) is 22.7 Å². The maximum Gasteiger partial charge on any atom is 0.339 e. The number of aromatic nitrogens is 2. The molecule has 3 heterocycles. The molecule has 1 aliphatic rings. The Kier molecular flexibility index (Phi) is 6.02. The highest BCUT2D eigenvalue weighted by Gasteiger charge is 2.24. The van der Waals surface area contributed by atoms with E-state index in [0.717, 1.165) is 18.8 Å². The number of amides is 1. The first-order valence-corrected chi connectivity index (χ1v) is 10.4. The molecule has 4 rings (SSSR count). The van der Waals surface area contributed by atoms with Gasteiger partial charge < -0.3 is 19.5 Å². The summed E-state index contributed by atoms with van der Waals surface area (Å²) in [6.07, 6.45) is 3.85. The molecule has 1 aliphatic heterocycles. The van der Waals surface area contributed by atoms with Crippen LogP contribution in [0.15, 0.2) is 42.7 Å². The molecule has 1 amide bonds. The number of aromatic amines is 1. The van der Waals surface area contributed by atoms with E-state index in [1.165, 1.54) is 18.3 Å². The Morgan fingerprint density at radius 3 is 2.75 bits per heavy atom. The van der Waals surface area contributed by atoms with E-state index in [0.29, 0.717) is 48.3 Å². The van der Waals surface area contributed by atoms with Crippen molar-refractivity contribution in [2.24, 2.45) is 0 Å². The summed E-state index contributed by atoms with van der Waals surface area (Å²) in [6, 6.07) is 7.92. The summed E-state index contributed by atoms with van der Waals surface area (Å²) < 4.78 is 4.98. The number of hydrogen-bond acceptors (Lipinski definition) is 7. The van der Waals surface area contributed by atoms with E-state index in [1.54, 1.807) is 36.2 Å². The molecule has 2 aromatic heterocycles. The van der Waals surface area contributed by atoms with Crippen molar-refractivity contribution >= 4 is 34.3 Å². The van der Waals surface area contributed by atoms with Crippen molar-refractivity contribution in [3.8, 4) is 0 Å². The second kappa shape index (κ2) is 9.04. The van der Waals surface area contributed by atoms with Crippen LogP contribution in [0.5, 0.6) is 0 Å². The van der Waals surface area contributed by atoms with Crippen molar-refractivity contribution in [3.63, 3.8) is 0 Å². The number of nitrogens with zero attached hydrogens (tertiary/aromatic N) is 4. The first kappa shape index (κ1) is 21.3. The maximum atomic E-state index is 13.2. The van der Waals surface area contributed by atoms with Crippen LogP contribution >= 0.6 is 0 Å². The highest BCUT2D eigenvalue weighted by atomic mass is 16.6. The molecule has 1 N–H and O–H groups in total. The zero-order valence-electron chi connectivity index (χ0n) is 17.6. The van der Waals surface area contributed by atoms with Gasteiger partial charge in [0, 0.05) is 61.6 Å². The molecule has 32 heavy (non-hydrogen) atoms. The lowest BCUT2D eigenvalue weighted by atomic mass is 10.1. The molecule has 0 unspecified atom stereocenters. The lowest BCUT2D eigenvalue weighted by Gasteiger charge is -2.23. The second-order valence-corrected chi connectivity index (χ2v) is 7.45. The molecular formula is C22H23N5O5. The van der Waals surface area contributed by atoms with Gasteiger partial charge in [0.2, 0.25) is 0 Å². The van der Waals surface area contributed by atoms with E-state index >= 15 is 0 Å². The third-order valence-electron chi connectivity index (χ3n) is 5.47. The van der Waals surface area contributed by atoms with Crippen LogP contribution in [0.2, 0.25) is 0 Å². The molecular weight excluding hydrogens is 414 g/mol. The van der Waals surface area contributed by atoms with Crippen LogP contribution in [0.4, 0.5) is 11.5 Å². The minimum Gasteiger partial charge on any atom is -0.462 e. The Morgan fingerprint density at radius 1 is 1.19 bits per heavy atom. The first-order chi connectivity index (χ1) is 15.5. The Balaban J connectivity index is 1.47. The Labute approximate surface area is 183 Å². The molecule has 1 aromatic carbocycles. The fourth-order valence-corrected chi connectivity index (χ4v) is 3.83. The molecule has 166 valence electrons. The minimum absolute atomic E-state index is 0.0504. The van der Waals surface area contributed by atoms with E-state index in [9.17, 15) is 19.7 Å². The molecule has 0 spiro atoms. The van der Waals surface area contributed by atoms with Gasteiger partial charge in [-0.1, -0.05) is 0 Å². The molecule has 0 aliphatic carbocycles. The number of H-pyrrole nitrogens is 1. The summed E-state index contributed by atoms with van der Waals surface area (Å²) in [7, 11) is 0. The number of pyridine rings is 1.